The quantitative estimate of drug-likeness (QED) is 0.623. The van der Waals surface area contributed by atoms with E-state index < -0.39 is 11.8 Å². The number of hydrogen-bond donors (Lipinski definition) is 2. The lowest BCUT2D eigenvalue weighted by molar-refractivity contribution is 0.0843. The average molecular weight is 394 g/mol. The Morgan fingerprint density at radius 2 is 1.66 bits per heavy atom. The van der Waals surface area contributed by atoms with Crippen LogP contribution in [0.1, 0.15) is 39.8 Å². The van der Waals surface area contributed by atoms with E-state index >= 15 is 0 Å². The van der Waals surface area contributed by atoms with Crippen LogP contribution in [-0.2, 0) is 17.9 Å². The molecule has 8 heteroatoms. The van der Waals surface area contributed by atoms with Gasteiger partial charge in [0.05, 0.1) is 12.0 Å². The number of carbonyl (C=O) groups excluding carboxylic acids is 2. The summed E-state index contributed by atoms with van der Waals surface area (Å²) in [7, 11) is 1.59. The van der Waals surface area contributed by atoms with Gasteiger partial charge in [-0.25, -0.2) is 4.68 Å². The van der Waals surface area contributed by atoms with Crippen molar-refractivity contribution < 1.29 is 14.3 Å². The second-order valence-electron chi connectivity index (χ2n) is 6.46. The SMILES string of the molecule is CCCn1nc(C(=O)NNC(=O)c2ccc(COC)cc2)c2ccccc2c1=O. The first kappa shape index (κ1) is 20.2. The Balaban J connectivity index is 1.80. The summed E-state index contributed by atoms with van der Waals surface area (Å²) in [6.07, 6.45) is 0.697. The summed E-state index contributed by atoms with van der Waals surface area (Å²) >= 11 is 0. The molecule has 2 aromatic carbocycles. The van der Waals surface area contributed by atoms with Crippen LogP contribution in [0.25, 0.3) is 10.8 Å². The first-order valence-corrected chi connectivity index (χ1v) is 9.23. The largest absolute Gasteiger partial charge is 0.380 e. The van der Waals surface area contributed by atoms with Gasteiger partial charge in [0.25, 0.3) is 17.4 Å². The number of nitrogens with one attached hydrogen (secondary N) is 2. The third-order valence-corrected chi connectivity index (χ3v) is 4.33. The Hall–Kier alpha value is -3.52. The van der Waals surface area contributed by atoms with E-state index in [1.165, 1.54) is 4.68 Å². The predicted molar refractivity (Wildman–Crippen MR) is 108 cm³/mol. The molecular formula is C21H22N4O4. The van der Waals surface area contributed by atoms with Crippen LogP contribution in [0.15, 0.2) is 53.3 Å². The number of rotatable bonds is 6. The first-order chi connectivity index (χ1) is 14.0. The number of ether oxygens (including phenoxy) is 1. The molecule has 3 aromatic rings. The summed E-state index contributed by atoms with van der Waals surface area (Å²) in [5, 5.41) is 5.03. The minimum Gasteiger partial charge on any atom is -0.380 e. The predicted octanol–water partition coefficient (Wildman–Crippen LogP) is 2.03. The van der Waals surface area contributed by atoms with Gasteiger partial charge in [-0.05, 0) is 30.2 Å². The van der Waals surface area contributed by atoms with Crippen LogP contribution in [-0.4, -0.2) is 28.7 Å². The smallest absolute Gasteiger partial charge is 0.290 e. The minimum atomic E-state index is -0.601. The minimum absolute atomic E-state index is 0.0735. The zero-order chi connectivity index (χ0) is 20.8. The van der Waals surface area contributed by atoms with Gasteiger partial charge in [0.2, 0.25) is 0 Å². The molecule has 0 atom stereocenters. The number of hydrogen-bond acceptors (Lipinski definition) is 5. The van der Waals surface area contributed by atoms with E-state index in [1.807, 2.05) is 6.92 Å². The van der Waals surface area contributed by atoms with Gasteiger partial charge in [0.15, 0.2) is 5.69 Å². The third-order valence-electron chi connectivity index (χ3n) is 4.33. The second kappa shape index (κ2) is 9.11. The topological polar surface area (TPSA) is 102 Å². The van der Waals surface area contributed by atoms with Gasteiger partial charge in [0.1, 0.15) is 0 Å². The molecule has 1 heterocycles. The summed E-state index contributed by atoms with van der Waals surface area (Å²) in [4.78, 5) is 37.5. The highest BCUT2D eigenvalue weighted by Crippen LogP contribution is 2.13. The maximum Gasteiger partial charge on any atom is 0.290 e. The molecule has 0 aliphatic rings. The number of amides is 2. The zero-order valence-electron chi connectivity index (χ0n) is 16.3. The van der Waals surface area contributed by atoms with Crippen LogP contribution in [0.4, 0.5) is 0 Å². The third kappa shape index (κ3) is 4.49. The average Bonchev–Trinajstić information content (AvgIpc) is 2.74. The van der Waals surface area contributed by atoms with Crippen molar-refractivity contribution in [3.63, 3.8) is 0 Å². The number of aromatic nitrogens is 2. The summed E-state index contributed by atoms with van der Waals surface area (Å²) < 4.78 is 6.31. The number of carbonyl (C=O) groups is 2. The van der Waals surface area contributed by atoms with E-state index in [1.54, 1.807) is 55.6 Å². The summed E-state index contributed by atoms with van der Waals surface area (Å²) in [6, 6.07) is 13.6. The molecule has 1 aromatic heterocycles. The van der Waals surface area contributed by atoms with Crippen LogP contribution < -0.4 is 16.4 Å². The number of nitrogens with zero attached hydrogens (tertiary/aromatic N) is 2. The summed E-state index contributed by atoms with van der Waals surface area (Å²) in [5.41, 5.74) is 5.90. The molecule has 0 saturated carbocycles. The highest BCUT2D eigenvalue weighted by Gasteiger charge is 2.17. The maximum absolute atomic E-state index is 12.7. The molecule has 2 N–H and O–H groups in total. The van der Waals surface area contributed by atoms with Gasteiger partial charge >= 0.3 is 0 Å². The molecule has 0 unspecified atom stereocenters. The van der Waals surface area contributed by atoms with E-state index in [0.29, 0.717) is 35.9 Å². The number of hydrazine groups is 1. The molecule has 0 bridgehead atoms. The van der Waals surface area contributed by atoms with Gasteiger partial charge in [0, 0.05) is 24.6 Å². The fourth-order valence-electron chi connectivity index (χ4n) is 2.93. The van der Waals surface area contributed by atoms with E-state index in [9.17, 15) is 14.4 Å². The molecule has 29 heavy (non-hydrogen) atoms. The molecule has 0 aliphatic heterocycles. The zero-order valence-corrected chi connectivity index (χ0v) is 16.3. The fourth-order valence-corrected chi connectivity index (χ4v) is 2.93. The Kier molecular flexibility index (Phi) is 6.36. The second-order valence-corrected chi connectivity index (χ2v) is 6.46. The molecule has 0 aliphatic carbocycles. The van der Waals surface area contributed by atoms with Crippen LogP contribution in [0, 0.1) is 0 Å². The van der Waals surface area contributed by atoms with Crippen molar-refractivity contribution in [2.24, 2.45) is 0 Å². The van der Waals surface area contributed by atoms with Crippen molar-refractivity contribution in [1.29, 1.82) is 0 Å². The van der Waals surface area contributed by atoms with Crippen molar-refractivity contribution in [3.8, 4) is 0 Å². The Morgan fingerprint density at radius 1 is 1.00 bits per heavy atom. The molecule has 0 spiro atoms. The Bertz CT molecular complexity index is 1090. The molecule has 0 fully saturated rings. The molecule has 0 saturated heterocycles. The van der Waals surface area contributed by atoms with Gasteiger partial charge in [-0.2, -0.15) is 5.10 Å². The van der Waals surface area contributed by atoms with Crippen molar-refractivity contribution in [2.75, 3.05) is 7.11 Å². The van der Waals surface area contributed by atoms with Crippen molar-refractivity contribution in [1.82, 2.24) is 20.6 Å². The number of methoxy groups -OCH3 is 1. The molecule has 2 amide bonds. The lowest BCUT2D eigenvalue weighted by Gasteiger charge is -2.11. The van der Waals surface area contributed by atoms with Gasteiger partial charge in [-0.3, -0.25) is 25.2 Å². The normalized spacial score (nSPS) is 10.7. The fraction of sp³-hybridized carbons (Fsp3) is 0.238. The molecule has 0 radical (unpaired) electrons. The standard InChI is InChI=1S/C21H22N4O4/c1-3-12-25-21(28)17-7-5-4-6-16(17)18(24-25)20(27)23-22-19(26)15-10-8-14(9-11-15)13-29-2/h4-11H,3,12-13H2,1-2H3,(H,22,26)(H,23,27). The summed E-state index contributed by atoms with van der Waals surface area (Å²) in [5.74, 6) is -1.07. The molecule has 3 rings (SSSR count). The molecular weight excluding hydrogens is 372 g/mol. The summed E-state index contributed by atoms with van der Waals surface area (Å²) in [6.45, 7) is 2.76. The number of benzene rings is 2. The molecule has 8 nitrogen and oxygen atoms in total. The van der Waals surface area contributed by atoms with Crippen LogP contribution in [0.3, 0.4) is 0 Å². The van der Waals surface area contributed by atoms with E-state index in [-0.39, 0.29) is 11.3 Å². The first-order valence-electron chi connectivity index (χ1n) is 9.23. The van der Waals surface area contributed by atoms with Crippen LogP contribution >= 0.6 is 0 Å². The van der Waals surface area contributed by atoms with E-state index in [2.05, 4.69) is 16.0 Å². The van der Waals surface area contributed by atoms with Crippen molar-refractivity contribution in [3.05, 3.63) is 75.7 Å². The van der Waals surface area contributed by atoms with Crippen molar-refractivity contribution in [2.45, 2.75) is 26.5 Å². The highest BCUT2D eigenvalue weighted by atomic mass is 16.5. The number of aryl methyl sites for hydroxylation is 1. The van der Waals surface area contributed by atoms with E-state index in [0.717, 1.165) is 5.56 Å². The van der Waals surface area contributed by atoms with Gasteiger partial charge in [-0.15, -0.1) is 0 Å². The maximum atomic E-state index is 12.7. The lowest BCUT2D eigenvalue weighted by Crippen LogP contribution is -2.42. The van der Waals surface area contributed by atoms with Crippen LogP contribution in [0.5, 0.6) is 0 Å². The van der Waals surface area contributed by atoms with Gasteiger partial charge < -0.3 is 4.74 Å². The van der Waals surface area contributed by atoms with Gasteiger partial charge in [-0.1, -0.05) is 37.3 Å². The van der Waals surface area contributed by atoms with E-state index in [4.69, 9.17) is 4.74 Å². The monoisotopic (exact) mass is 394 g/mol. The van der Waals surface area contributed by atoms with Crippen LogP contribution in [0.2, 0.25) is 0 Å². The lowest BCUT2D eigenvalue weighted by atomic mass is 10.1. The number of fused-ring (bicyclic) bond motifs is 1. The highest BCUT2D eigenvalue weighted by molar-refractivity contribution is 6.06. The Labute approximate surface area is 167 Å². The van der Waals surface area contributed by atoms with Crippen molar-refractivity contribution >= 4 is 22.6 Å². The molecule has 150 valence electrons. The Morgan fingerprint density at radius 3 is 2.31 bits per heavy atom.